The van der Waals surface area contributed by atoms with E-state index in [9.17, 15) is 5.11 Å². The summed E-state index contributed by atoms with van der Waals surface area (Å²) < 4.78 is 10.6. The van der Waals surface area contributed by atoms with E-state index >= 15 is 0 Å². The van der Waals surface area contributed by atoms with Crippen LogP contribution in [0.1, 0.15) is 32.3 Å². The fraction of sp³-hybridized carbons (Fsp3) is 0.625. The Morgan fingerprint density at radius 2 is 1.80 bits per heavy atom. The summed E-state index contributed by atoms with van der Waals surface area (Å²) in [5.74, 6) is 1.66. The molecule has 0 fully saturated rings. The SMILES string of the molecule is CCC(O)(CC)CN(C)Cc1cc(OC)ccc1OC. The first-order valence-corrected chi connectivity index (χ1v) is 7.09. The highest BCUT2D eigenvalue weighted by Gasteiger charge is 2.24. The van der Waals surface area contributed by atoms with Crippen molar-refractivity contribution in [2.75, 3.05) is 27.8 Å². The Kier molecular flexibility index (Phi) is 6.30. The molecule has 0 aliphatic carbocycles. The Bertz CT molecular complexity index is 416. The van der Waals surface area contributed by atoms with Crippen molar-refractivity contribution in [3.05, 3.63) is 23.8 Å². The second kappa shape index (κ2) is 7.50. The van der Waals surface area contributed by atoms with Crippen molar-refractivity contribution in [3.8, 4) is 11.5 Å². The predicted octanol–water partition coefficient (Wildman–Crippen LogP) is 2.69. The fourth-order valence-corrected chi connectivity index (χ4v) is 2.33. The molecule has 0 atom stereocenters. The third kappa shape index (κ3) is 4.39. The van der Waals surface area contributed by atoms with Gasteiger partial charge in [-0.15, -0.1) is 0 Å². The minimum Gasteiger partial charge on any atom is -0.497 e. The molecule has 0 aromatic heterocycles. The fourth-order valence-electron chi connectivity index (χ4n) is 2.33. The van der Waals surface area contributed by atoms with Crippen molar-refractivity contribution < 1.29 is 14.6 Å². The number of hydrogen-bond acceptors (Lipinski definition) is 4. The number of hydrogen-bond donors (Lipinski definition) is 1. The molecule has 1 aromatic carbocycles. The Balaban J connectivity index is 2.81. The van der Waals surface area contributed by atoms with Gasteiger partial charge >= 0.3 is 0 Å². The van der Waals surface area contributed by atoms with E-state index in [0.29, 0.717) is 13.1 Å². The molecule has 1 N–H and O–H groups in total. The molecule has 0 saturated carbocycles. The first kappa shape index (κ1) is 16.8. The molecule has 0 heterocycles. The molecule has 4 heteroatoms. The quantitative estimate of drug-likeness (QED) is 0.795. The lowest BCUT2D eigenvalue weighted by Gasteiger charge is -2.31. The van der Waals surface area contributed by atoms with Crippen LogP contribution in [0.4, 0.5) is 0 Å². The number of rotatable bonds is 8. The average molecular weight is 281 g/mol. The lowest BCUT2D eigenvalue weighted by molar-refractivity contribution is 0.00117. The summed E-state index contributed by atoms with van der Waals surface area (Å²) in [6.07, 6.45) is 1.51. The zero-order chi connectivity index (χ0) is 15.2. The van der Waals surface area contributed by atoms with Gasteiger partial charge in [0.05, 0.1) is 19.8 Å². The molecule has 0 aliphatic heterocycles. The van der Waals surface area contributed by atoms with Crippen LogP contribution in [0.3, 0.4) is 0 Å². The van der Waals surface area contributed by atoms with E-state index < -0.39 is 5.60 Å². The molecule has 0 amide bonds. The summed E-state index contributed by atoms with van der Waals surface area (Å²) in [6.45, 7) is 5.38. The lowest BCUT2D eigenvalue weighted by Crippen LogP contribution is -2.40. The molecule has 4 nitrogen and oxygen atoms in total. The number of benzene rings is 1. The molecule has 114 valence electrons. The number of methoxy groups -OCH3 is 2. The van der Waals surface area contributed by atoms with Crippen molar-refractivity contribution in [2.24, 2.45) is 0 Å². The zero-order valence-electron chi connectivity index (χ0n) is 13.3. The first-order valence-electron chi connectivity index (χ1n) is 7.09. The summed E-state index contributed by atoms with van der Waals surface area (Å²) in [7, 11) is 5.33. The van der Waals surface area contributed by atoms with Crippen molar-refractivity contribution in [2.45, 2.75) is 38.8 Å². The van der Waals surface area contributed by atoms with Crippen molar-refractivity contribution in [3.63, 3.8) is 0 Å². The van der Waals surface area contributed by atoms with Gasteiger partial charge in [0.1, 0.15) is 11.5 Å². The molecule has 0 radical (unpaired) electrons. The van der Waals surface area contributed by atoms with Crippen LogP contribution in [0.15, 0.2) is 18.2 Å². The van der Waals surface area contributed by atoms with Gasteiger partial charge in [0.15, 0.2) is 0 Å². The molecule has 20 heavy (non-hydrogen) atoms. The lowest BCUT2D eigenvalue weighted by atomic mass is 9.97. The Morgan fingerprint density at radius 1 is 1.15 bits per heavy atom. The van der Waals surface area contributed by atoms with E-state index in [1.807, 2.05) is 39.1 Å². The minimum atomic E-state index is -0.624. The maximum Gasteiger partial charge on any atom is 0.123 e. The highest BCUT2D eigenvalue weighted by Crippen LogP contribution is 2.26. The summed E-state index contributed by atoms with van der Waals surface area (Å²) in [5, 5.41) is 10.4. The first-order chi connectivity index (χ1) is 9.47. The van der Waals surface area contributed by atoms with Crippen molar-refractivity contribution in [1.29, 1.82) is 0 Å². The Labute approximate surface area is 122 Å². The molecule has 0 bridgehead atoms. The number of aliphatic hydroxyl groups is 1. The largest absolute Gasteiger partial charge is 0.497 e. The smallest absolute Gasteiger partial charge is 0.123 e. The van der Waals surface area contributed by atoms with Gasteiger partial charge in [-0.05, 0) is 38.1 Å². The molecular formula is C16H27NO3. The van der Waals surface area contributed by atoms with Crippen LogP contribution in [0.5, 0.6) is 11.5 Å². The van der Waals surface area contributed by atoms with Crippen LogP contribution in [-0.4, -0.2) is 43.4 Å². The third-order valence-corrected chi connectivity index (χ3v) is 3.81. The minimum absolute atomic E-state index is 0.624. The normalized spacial score (nSPS) is 11.8. The van der Waals surface area contributed by atoms with Crippen LogP contribution < -0.4 is 9.47 Å². The Morgan fingerprint density at radius 3 is 2.30 bits per heavy atom. The van der Waals surface area contributed by atoms with E-state index in [1.54, 1.807) is 14.2 Å². The summed E-state index contributed by atoms with van der Waals surface area (Å²) in [4.78, 5) is 2.12. The van der Waals surface area contributed by atoms with E-state index in [2.05, 4.69) is 4.90 Å². The van der Waals surface area contributed by atoms with Crippen LogP contribution in [0, 0.1) is 0 Å². The van der Waals surface area contributed by atoms with Crippen molar-refractivity contribution in [1.82, 2.24) is 4.90 Å². The van der Waals surface area contributed by atoms with E-state index in [-0.39, 0.29) is 0 Å². The molecule has 0 aliphatic rings. The molecule has 1 rings (SSSR count). The standard InChI is InChI=1S/C16H27NO3/c1-6-16(18,7-2)12-17(3)11-13-10-14(19-4)8-9-15(13)20-5/h8-10,18H,6-7,11-12H2,1-5H3. The maximum atomic E-state index is 10.4. The van der Waals surface area contributed by atoms with Gasteiger partial charge in [-0.3, -0.25) is 4.90 Å². The second-order valence-corrected chi connectivity index (χ2v) is 5.28. The highest BCUT2D eigenvalue weighted by atomic mass is 16.5. The predicted molar refractivity (Wildman–Crippen MR) is 81.4 cm³/mol. The number of nitrogens with zero attached hydrogens (tertiary/aromatic N) is 1. The third-order valence-electron chi connectivity index (χ3n) is 3.81. The van der Waals surface area contributed by atoms with Crippen LogP contribution >= 0.6 is 0 Å². The van der Waals surface area contributed by atoms with E-state index in [0.717, 1.165) is 29.9 Å². The van der Waals surface area contributed by atoms with Gasteiger partial charge in [-0.25, -0.2) is 0 Å². The van der Waals surface area contributed by atoms with Crippen LogP contribution in [0.25, 0.3) is 0 Å². The van der Waals surface area contributed by atoms with Crippen molar-refractivity contribution >= 4 is 0 Å². The van der Waals surface area contributed by atoms with Crippen LogP contribution in [-0.2, 0) is 6.54 Å². The van der Waals surface area contributed by atoms with Gasteiger partial charge < -0.3 is 14.6 Å². The maximum absolute atomic E-state index is 10.4. The van der Waals surface area contributed by atoms with E-state index in [4.69, 9.17) is 9.47 Å². The van der Waals surface area contributed by atoms with Gasteiger partial charge in [-0.2, -0.15) is 0 Å². The van der Waals surface area contributed by atoms with E-state index in [1.165, 1.54) is 0 Å². The summed E-state index contributed by atoms with van der Waals surface area (Å²) in [5.41, 5.74) is 0.435. The summed E-state index contributed by atoms with van der Waals surface area (Å²) >= 11 is 0. The van der Waals surface area contributed by atoms with Crippen LogP contribution in [0.2, 0.25) is 0 Å². The van der Waals surface area contributed by atoms with Gasteiger partial charge in [-0.1, -0.05) is 13.8 Å². The zero-order valence-corrected chi connectivity index (χ0v) is 13.3. The number of ether oxygens (including phenoxy) is 2. The Hall–Kier alpha value is -1.26. The molecular weight excluding hydrogens is 254 g/mol. The molecule has 0 saturated heterocycles. The molecule has 0 spiro atoms. The topological polar surface area (TPSA) is 41.9 Å². The monoisotopic (exact) mass is 281 g/mol. The van der Waals surface area contributed by atoms with Gasteiger partial charge in [0.2, 0.25) is 0 Å². The second-order valence-electron chi connectivity index (χ2n) is 5.28. The molecule has 1 aromatic rings. The highest BCUT2D eigenvalue weighted by molar-refractivity contribution is 5.40. The van der Waals surface area contributed by atoms with Gasteiger partial charge in [0, 0.05) is 18.7 Å². The van der Waals surface area contributed by atoms with Gasteiger partial charge in [0.25, 0.3) is 0 Å². The number of likely N-dealkylation sites (N-methyl/N-ethyl adjacent to an activating group) is 1. The molecule has 0 unspecified atom stereocenters. The summed E-state index contributed by atoms with van der Waals surface area (Å²) in [6, 6.07) is 5.77. The average Bonchev–Trinajstić information content (AvgIpc) is 2.46.